The minimum Gasteiger partial charge on any atom is -0.354 e. The molecule has 1 heterocycles. The first-order valence-corrected chi connectivity index (χ1v) is 5.53. The van der Waals surface area contributed by atoms with Gasteiger partial charge >= 0.3 is 0 Å². The van der Waals surface area contributed by atoms with Gasteiger partial charge < -0.3 is 10.2 Å². The van der Waals surface area contributed by atoms with Crippen LogP contribution in [0.3, 0.4) is 0 Å². The molecule has 0 bridgehead atoms. The van der Waals surface area contributed by atoms with E-state index in [0.29, 0.717) is 0 Å². The highest BCUT2D eigenvalue weighted by Gasteiger charge is 2.05. The second kappa shape index (κ2) is 6.35. The molecule has 0 saturated heterocycles. The summed E-state index contributed by atoms with van der Waals surface area (Å²) in [6, 6.07) is 2.07. The molecule has 0 aromatic carbocycles. The average molecular weight is 208 g/mol. The lowest BCUT2D eigenvalue weighted by atomic mass is 10.3. The van der Waals surface area contributed by atoms with Crippen LogP contribution in [0.15, 0.2) is 12.3 Å². The van der Waals surface area contributed by atoms with E-state index < -0.39 is 0 Å². The lowest BCUT2D eigenvalue weighted by Crippen LogP contribution is -2.32. The third-order valence-corrected chi connectivity index (χ3v) is 2.29. The van der Waals surface area contributed by atoms with Crippen LogP contribution in [0.1, 0.15) is 19.4 Å². The number of aromatic nitrogens is 2. The average Bonchev–Trinajstić information content (AvgIpc) is 2.24. The molecule has 1 rings (SSSR count). The monoisotopic (exact) mass is 208 g/mol. The number of aryl methyl sites for hydroxylation is 1. The van der Waals surface area contributed by atoms with E-state index in [1.165, 1.54) is 0 Å². The molecule has 0 unspecified atom stereocenters. The Bertz CT molecular complexity index is 288. The molecule has 1 aromatic rings. The van der Waals surface area contributed by atoms with Crippen molar-refractivity contribution in [1.82, 2.24) is 15.5 Å². The number of hydrogen-bond donors (Lipinski definition) is 1. The predicted molar refractivity (Wildman–Crippen MR) is 63.2 cm³/mol. The molecule has 15 heavy (non-hydrogen) atoms. The van der Waals surface area contributed by atoms with Crippen LogP contribution in [0, 0.1) is 6.92 Å². The lowest BCUT2D eigenvalue weighted by molar-refractivity contribution is 0.680. The van der Waals surface area contributed by atoms with E-state index in [0.717, 1.165) is 37.6 Å². The van der Waals surface area contributed by atoms with Gasteiger partial charge in [-0.25, -0.2) is 0 Å². The molecule has 0 radical (unpaired) electrons. The van der Waals surface area contributed by atoms with Gasteiger partial charge in [0.15, 0.2) is 5.82 Å². The van der Waals surface area contributed by atoms with Crippen LogP contribution < -0.4 is 10.2 Å². The first-order chi connectivity index (χ1) is 7.27. The van der Waals surface area contributed by atoms with Crippen molar-refractivity contribution in [2.75, 3.05) is 31.1 Å². The third kappa shape index (κ3) is 3.83. The molecule has 4 nitrogen and oxygen atoms in total. The normalized spacial score (nSPS) is 10.3. The largest absolute Gasteiger partial charge is 0.354 e. The Morgan fingerprint density at radius 1 is 1.40 bits per heavy atom. The summed E-state index contributed by atoms with van der Waals surface area (Å²) in [5, 5.41) is 11.4. The van der Waals surface area contributed by atoms with Crippen molar-refractivity contribution in [3.63, 3.8) is 0 Å². The van der Waals surface area contributed by atoms with E-state index in [1.807, 2.05) is 6.92 Å². The van der Waals surface area contributed by atoms with Gasteiger partial charge in [-0.05, 0) is 32.0 Å². The lowest BCUT2D eigenvalue weighted by Gasteiger charge is -2.21. The molecule has 0 aliphatic carbocycles. The van der Waals surface area contributed by atoms with E-state index in [2.05, 4.69) is 40.3 Å². The maximum Gasteiger partial charge on any atom is 0.151 e. The standard InChI is InChI=1S/C11H20N4/c1-4-12-6-7-15(5-2)11-8-10(3)9-13-14-11/h8-9,12H,4-7H2,1-3H3. The maximum absolute atomic E-state index is 4.14. The molecule has 0 saturated carbocycles. The zero-order chi connectivity index (χ0) is 11.1. The SMILES string of the molecule is CCNCCN(CC)c1cc(C)cnn1. The van der Waals surface area contributed by atoms with Gasteiger partial charge in [-0.15, -0.1) is 5.10 Å². The van der Waals surface area contributed by atoms with Crippen molar-refractivity contribution in [2.24, 2.45) is 0 Å². The molecule has 4 heteroatoms. The van der Waals surface area contributed by atoms with Gasteiger partial charge in [-0.3, -0.25) is 0 Å². The fourth-order valence-electron chi connectivity index (χ4n) is 1.43. The summed E-state index contributed by atoms with van der Waals surface area (Å²) < 4.78 is 0. The van der Waals surface area contributed by atoms with Crippen molar-refractivity contribution in [1.29, 1.82) is 0 Å². The summed E-state index contributed by atoms with van der Waals surface area (Å²) in [7, 11) is 0. The van der Waals surface area contributed by atoms with Crippen molar-refractivity contribution in [3.8, 4) is 0 Å². The highest BCUT2D eigenvalue weighted by molar-refractivity contribution is 5.38. The summed E-state index contributed by atoms with van der Waals surface area (Å²) in [4.78, 5) is 2.22. The molecular weight excluding hydrogens is 188 g/mol. The van der Waals surface area contributed by atoms with Crippen molar-refractivity contribution in [3.05, 3.63) is 17.8 Å². The minimum absolute atomic E-state index is 0.962. The van der Waals surface area contributed by atoms with Crippen LogP contribution in [0.4, 0.5) is 5.82 Å². The highest BCUT2D eigenvalue weighted by Crippen LogP contribution is 2.09. The molecule has 0 aliphatic heterocycles. The van der Waals surface area contributed by atoms with Crippen LogP contribution in [-0.4, -0.2) is 36.4 Å². The molecule has 0 spiro atoms. The van der Waals surface area contributed by atoms with E-state index in [-0.39, 0.29) is 0 Å². The summed E-state index contributed by atoms with van der Waals surface area (Å²) >= 11 is 0. The van der Waals surface area contributed by atoms with E-state index in [1.54, 1.807) is 6.20 Å². The van der Waals surface area contributed by atoms with Gasteiger partial charge in [0.05, 0.1) is 6.20 Å². The highest BCUT2D eigenvalue weighted by atomic mass is 15.3. The molecule has 84 valence electrons. The van der Waals surface area contributed by atoms with Crippen molar-refractivity contribution >= 4 is 5.82 Å². The Labute approximate surface area is 91.7 Å². The predicted octanol–water partition coefficient (Wildman–Crippen LogP) is 1.22. The van der Waals surface area contributed by atoms with Crippen LogP contribution in [-0.2, 0) is 0 Å². The number of nitrogens with one attached hydrogen (secondary N) is 1. The smallest absolute Gasteiger partial charge is 0.151 e. The Morgan fingerprint density at radius 2 is 2.20 bits per heavy atom. The summed E-state index contributed by atoms with van der Waals surface area (Å²) in [5.41, 5.74) is 1.15. The van der Waals surface area contributed by atoms with Gasteiger partial charge in [-0.2, -0.15) is 5.10 Å². The van der Waals surface area contributed by atoms with Gasteiger partial charge in [-0.1, -0.05) is 6.92 Å². The summed E-state index contributed by atoms with van der Waals surface area (Å²) in [6.45, 7) is 10.2. The molecular formula is C11H20N4. The zero-order valence-electron chi connectivity index (χ0n) is 9.82. The van der Waals surface area contributed by atoms with E-state index >= 15 is 0 Å². The maximum atomic E-state index is 4.14. The van der Waals surface area contributed by atoms with Crippen LogP contribution >= 0.6 is 0 Å². The number of anilines is 1. The Morgan fingerprint density at radius 3 is 2.80 bits per heavy atom. The van der Waals surface area contributed by atoms with Crippen LogP contribution in [0.2, 0.25) is 0 Å². The van der Waals surface area contributed by atoms with Gasteiger partial charge in [0.25, 0.3) is 0 Å². The fourth-order valence-corrected chi connectivity index (χ4v) is 1.43. The molecule has 1 aromatic heterocycles. The molecule has 0 aliphatic rings. The second-order valence-corrected chi connectivity index (χ2v) is 3.52. The summed E-state index contributed by atoms with van der Waals surface area (Å²) in [6.07, 6.45) is 1.78. The quantitative estimate of drug-likeness (QED) is 0.714. The molecule has 0 fully saturated rings. The third-order valence-electron chi connectivity index (χ3n) is 2.29. The molecule has 0 amide bonds. The fraction of sp³-hybridized carbons (Fsp3) is 0.636. The second-order valence-electron chi connectivity index (χ2n) is 3.52. The van der Waals surface area contributed by atoms with Gasteiger partial charge in [0.2, 0.25) is 0 Å². The topological polar surface area (TPSA) is 41.0 Å². The van der Waals surface area contributed by atoms with Crippen molar-refractivity contribution in [2.45, 2.75) is 20.8 Å². The number of rotatable bonds is 6. The molecule has 1 N–H and O–H groups in total. The van der Waals surface area contributed by atoms with E-state index in [4.69, 9.17) is 0 Å². The number of nitrogens with zero attached hydrogens (tertiary/aromatic N) is 3. The summed E-state index contributed by atoms with van der Waals surface area (Å²) in [5.74, 6) is 0.968. The number of hydrogen-bond acceptors (Lipinski definition) is 4. The minimum atomic E-state index is 0.962. The Kier molecular flexibility index (Phi) is 5.04. The Balaban J connectivity index is 2.57. The Hall–Kier alpha value is -1.16. The first kappa shape index (κ1) is 11.9. The van der Waals surface area contributed by atoms with Gasteiger partial charge in [0, 0.05) is 19.6 Å². The first-order valence-electron chi connectivity index (χ1n) is 5.53. The van der Waals surface area contributed by atoms with Crippen LogP contribution in [0.5, 0.6) is 0 Å². The molecule has 0 atom stereocenters. The van der Waals surface area contributed by atoms with Crippen LogP contribution in [0.25, 0.3) is 0 Å². The zero-order valence-corrected chi connectivity index (χ0v) is 9.82. The van der Waals surface area contributed by atoms with Crippen molar-refractivity contribution < 1.29 is 0 Å². The van der Waals surface area contributed by atoms with Gasteiger partial charge in [0.1, 0.15) is 0 Å². The number of likely N-dealkylation sites (N-methyl/N-ethyl adjacent to an activating group) is 2. The van der Waals surface area contributed by atoms with E-state index in [9.17, 15) is 0 Å².